The van der Waals surface area contributed by atoms with E-state index in [0.29, 0.717) is 6.42 Å². The van der Waals surface area contributed by atoms with Gasteiger partial charge < -0.3 is 17.0 Å². The predicted molar refractivity (Wildman–Crippen MR) is 117 cm³/mol. The van der Waals surface area contributed by atoms with Crippen molar-refractivity contribution in [3.8, 4) is 0 Å². The van der Waals surface area contributed by atoms with Crippen LogP contribution in [-0.2, 0) is 36.8 Å². The summed E-state index contributed by atoms with van der Waals surface area (Å²) in [5.74, 6) is -2.55. The Kier molecular flexibility index (Phi) is 30.4. The van der Waals surface area contributed by atoms with Crippen molar-refractivity contribution in [1.82, 2.24) is 5.32 Å². The number of carbonyl (C=O) groups is 3. The van der Waals surface area contributed by atoms with Crippen molar-refractivity contribution in [1.29, 1.82) is 0 Å². The summed E-state index contributed by atoms with van der Waals surface area (Å²) in [5, 5.41) is 20.1. The fourth-order valence-corrected chi connectivity index (χ4v) is 3.45. The molecule has 8 heteroatoms. The summed E-state index contributed by atoms with van der Waals surface area (Å²) in [6, 6.07) is -1.12. The van der Waals surface area contributed by atoms with E-state index in [9.17, 15) is 14.4 Å². The Morgan fingerprint density at radius 1 is 0.710 bits per heavy atom. The van der Waals surface area contributed by atoms with Gasteiger partial charge in [-0.05, 0) is 12.8 Å². The Labute approximate surface area is 228 Å². The van der Waals surface area contributed by atoms with E-state index in [0.717, 1.165) is 19.3 Å². The van der Waals surface area contributed by atoms with Crippen LogP contribution in [0, 0.1) is 0 Å². The molecule has 0 saturated heterocycles. The molecule has 1 amide bonds. The molecule has 0 bridgehead atoms. The summed E-state index contributed by atoms with van der Waals surface area (Å²) in [4.78, 5) is 33.4. The van der Waals surface area contributed by atoms with Crippen LogP contribution in [0.4, 0.5) is 0 Å². The molecule has 0 aromatic heterocycles. The first-order valence-corrected chi connectivity index (χ1v) is 11.7. The van der Waals surface area contributed by atoms with Gasteiger partial charge in [0.2, 0.25) is 5.91 Å². The van der Waals surface area contributed by atoms with Gasteiger partial charge in [0, 0.05) is 35.2 Å². The number of carbonyl (C=O) groups excluding carboxylic acids is 1. The van der Waals surface area contributed by atoms with E-state index in [1.54, 1.807) is 0 Å². The van der Waals surface area contributed by atoms with Crippen LogP contribution in [0.25, 0.3) is 0 Å². The van der Waals surface area contributed by atoms with Gasteiger partial charge in [-0.1, -0.05) is 96.8 Å². The van der Waals surface area contributed by atoms with Gasteiger partial charge in [-0.3, -0.25) is 9.59 Å². The van der Waals surface area contributed by atoms with Crippen LogP contribution >= 0.6 is 0 Å². The van der Waals surface area contributed by atoms with Crippen LogP contribution in [0.5, 0.6) is 0 Å². The molecular formula is C23H44AuNNaO5. The van der Waals surface area contributed by atoms with Crippen molar-refractivity contribution in [3.05, 3.63) is 0 Å². The number of hydrogen-bond donors (Lipinski definition) is 3. The van der Waals surface area contributed by atoms with Crippen LogP contribution in [0.3, 0.4) is 0 Å². The molecule has 0 unspecified atom stereocenters. The summed E-state index contributed by atoms with van der Waals surface area (Å²) in [7, 11) is 0. The van der Waals surface area contributed by atoms with E-state index in [-0.39, 0.29) is 72.1 Å². The van der Waals surface area contributed by atoms with Crippen molar-refractivity contribution in [2.75, 3.05) is 0 Å². The van der Waals surface area contributed by atoms with E-state index in [1.807, 2.05) is 0 Å². The summed E-state index contributed by atoms with van der Waals surface area (Å²) >= 11 is 0. The molecule has 0 aliphatic heterocycles. The van der Waals surface area contributed by atoms with Crippen LogP contribution in [-0.4, -0.2) is 34.1 Å². The number of aliphatic carboxylic acids is 2. The third-order valence-corrected chi connectivity index (χ3v) is 5.29. The zero-order valence-corrected chi connectivity index (χ0v) is 23.9. The molecule has 1 radical (unpaired) electrons. The summed E-state index contributed by atoms with van der Waals surface area (Å²) < 4.78 is 0. The summed E-state index contributed by atoms with van der Waals surface area (Å²) in [6.07, 6.45) is 18.8. The predicted octanol–water partition coefficient (Wildman–Crippen LogP) is 2.80. The third-order valence-electron chi connectivity index (χ3n) is 5.29. The molecule has 0 rings (SSSR count). The topological polar surface area (TPSA) is 104 Å². The molecule has 0 aromatic carbocycles. The second kappa shape index (κ2) is 26.4. The molecule has 3 N–H and O–H groups in total. The van der Waals surface area contributed by atoms with Crippen LogP contribution in [0.1, 0.15) is 124 Å². The molecule has 0 fully saturated rings. The van der Waals surface area contributed by atoms with Gasteiger partial charge in [-0.15, -0.1) is 0 Å². The first kappa shape index (κ1) is 35.7. The maximum atomic E-state index is 11.8. The van der Waals surface area contributed by atoms with Gasteiger partial charge in [-0.2, -0.15) is 0 Å². The Morgan fingerprint density at radius 2 is 1.10 bits per heavy atom. The largest absolute Gasteiger partial charge is 1.00 e. The van der Waals surface area contributed by atoms with Gasteiger partial charge in [0.25, 0.3) is 0 Å². The maximum absolute atomic E-state index is 11.8. The van der Waals surface area contributed by atoms with Crippen molar-refractivity contribution in [2.24, 2.45) is 0 Å². The SMILES string of the molecule is CCCCCCCCCCCCCCCCCC(=O)N[C@@H](CCC(=O)O)C(=O)O.[Au].[H-].[Na+]. The number of rotatable bonds is 21. The van der Waals surface area contributed by atoms with Crippen molar-refractivity contribution in [3.63, 3.8) is 0 Å². The molecule has 0 aromatic rings. The fraction of sp³-hybridized carbons (Fsp3) is 0.870. The number of hydrogen-bond acceptors (Lipinski definition) is 3. The van der Waals surface area contributed by atoms with Crippen LogP contribution in [0.2, 0.25) is 0 Å². The minimum atomic E-state index is -1.18. The van der Waals surface area contributed by atoms with Gasteiger partial charge in [0.1, 0.15) is 6.04 Å². The van der Waals surface area contributed by atoms with Crippen LogP contribution in [0.15, 0.2) is 0 Å². The fourth-order valence-electron chi connectivity index (χ4n) is 3.45. The third kappa shape index (κ3) is 26.3. The van der Waals surface area contributed by atoms with E-state index >= 15 is 0 Å². The Bertz CT molecular complexity index is 458. The van der Waals surface area contributed by atoms with E-state index in [2.05, 4.69) is 12.2 Å². The molecule has 1 atom stereocenters. The van der Waals surface area contributed by atoms with E-state index in [1.165, 1.54) is 77.0 Å². The quantitative estimate of drug-likeness (QED) is 0.133. The molecule has 0 saturated carbocycles. The summed E-state index contributed by atoms with van der Waals surface area (Å²) in [5.41, 5.74) is 0. The van der Waals surface area contributed by atoms with Gasteiger partial charge in [0.05, 0.1) is 0 Å². The maximum Gasteiger partial charge on any atom is 1.00 e. The molecule has 6 nitrogen and oxygen atoms in total. The number of amides is 1. The van der Waals surface area contributed by atoms with Crippen molar-refractivity contribution >= 4 is 17.8 Å². The second-order valence-electron chi connectivity index (χ2n) is 8.09. The minimum Gasteiger partial charge on any atom is -1.00 e. The first-order chi connectivity index (χ1) is 14.0. The van der Waals surface area contributed by atoms with Crippen molar-refractivity contribution in [2.45, 2.75) is 129 Å². The summed E-state index contributed by atoms with van der Waals surface area (Å²) in [6.45, 7) is 2.25. The zero-order valence-electron chi connectivity index (χ0n) is 20.7. The number of unbranched alkanes of at least 4 members (excludes halogenated alkanes) is 14. The van der Waals surface area contributed by atoms with Crippen LogP contribution < -0.4 is 34.9 Å². The molecule has 0 spiro atoms. The number of carboxylic acids is 2. The molecule has 183 valence electrons. The van der Waals surface area contributed by atoms with E-state index in [4.69, 9.17) is 10.2 Å². The molecular weight excluding hydrogens is 590 g/mol. The average Bonchev–Trinajstić information content (AvgIpc) is 2.67. The molecule has 0 aliphatic carbocycles. The van der Waals surface area contributed by atoms with Gasteiger partial charge in [0.15, 0.2) is 0 Å². The normalized spacial score (nSPS) is 11.1. The molecule has 31 heavy (non-hydrogen) atoms. The number of carboxylic acid groups (broad SMARTS) is 2. The van der Waals surface area contributed by atoms with E-state index < -0.39 is 18.0 Å². The number of nitrogens with one attached hydrogen (secondary N) is 1. The Hall–Kier alpha value is 0.150. The molecule has 0 heterocycles. The second-order valence-corrected chi connectivity index (χ2v) is 8.09. The monoisotopic (exact) mass is 634 g/mol. The Morgan fingerprint density at radius 3 is 1.45 bits per heavy atom. The van der Waals surface area contributed by atoms with Crippen molar-refractivity contribution < 1.29 is 78.0 Å². The zero-order chi connectivity index (χ0) is 21.7. The minimum absolute atomic E-state index is 0. The Balaban J connectivity index is -0.00000131. The van der Waals surface area contributed by atoms with Gasteiger partial charge in [-0.25, -0.2) is 4.79 Å². The smallest absolute Gasteiger partial charge is 1.00 e. The standard InChI is InChI=1S/C23H43NO5.Au.Na.H/c1-2-3-4-5-6-7-8-9-10-11-12-13-14-15-16-17-21(25)24-20(23(28)29)18-19-22(26)27;;;/h20H,2-19H2,1H3,(H,24,25)(H,26,27)(H,28,29);;;/q;;+1;-1/t20-;;;/m0.../s1. The first-order valence-electron chi connectivity index (χ1n) is 11.7. The average molecular weight is 635 g/mol. The van der Waals surface area contributed by atoms with Gasteiger partial charge >= 0.3 is 41.5 Å². The molecule has 0 aliphatic rings.